The molecule has 0 aromatic heterocycles. The fourth-order valence-corrected chi connectivity index (χ4v) is 3.53. The third-order valence-electron chi connectivity index (χ3n) is 4.76. The Hall–Kier alpha value is -1.92. The number of benzene rings is 1. The van der Waals surface area contributed by atoms with Crippen LogP contribution in [-0.4, -0.2) is 73.8 Å². The number of carbonyl (C=O) groups is 2. The van der Waals surface area contributed by atoms with Gasteiger partial charge in [0.1, 0.15) is 0 Å². The maximum atomic E-state index is 12.5. The maximum Gasteiger partial charge on any atom is 0.313 e. The first kappa shape index (κ1) is 19.4. The number of amides is 2. The van der Waals surface area contributed by atoms with Crippen molar-refractivity contribution in [2.75, 3.05) is 46.6 Å². The lowest BCUT2D eigenvalue weighted by molar-refractivity contribution is -0.145. The monoisotopic (exact) mass is 346 g/mol. The Morgan fingerprint density at radius 2 is 2.00 bits per heavy atom. The summed E-state index contributed by atoms with van der Waals surface area (Å²) in [5, 5.41) is 2.74. The second kappa shape index (κ2) is 8.45. The number of nitrogens with zero attached hydrogens (tertiary/aromatic N) is 3. The summed E-state index contributed by atoms with van der Waals surface area (Å²) in [5.41, 5.74) is 1.75. The van der Waals surface area contributed by atoms with E-state index in [1.807, 2.05) is 38.4 Å². The minimum Gasteiger partial charge on any atom is -0.334 e. The molecule has 1 aliphatic heterocycles. The molecule has 0 radical (unpaired) electrons. The fraction of sp³-hybridized carbons (Fsp3) is 0.579. The summed E-state index contributed by atoms with van der Waals surface area (Å²) in [5.74, 6) is -0.695. The van der Waals surface area contributed by atoms with Gasteiger partial charge >= 0.3 is 11.8 Å². The zero-order chi connectivity index (χ0) is 18.6. The number of piperidine rings is 1. The van der Waals surface area contributed by atoms with E-state index in [0.717, 1.165) is 31.6 Å². The SMILES string of the molecule is C[C@H]1CN(C)CC[C@@H]1N(C)C(=O)C(=O)Nc1cccc(CN(C)C)c1. The predicted molar refractivity (Wildman–Crippen MR) is 100 cm³/mol. The maximum absolute atomic E-state index is 12.5. The van der Waals surface area contributed by atoms with Crippen LogP contribution in [0.1, 0.15) is 18.9 Å². The van der Waals surface area contributed by atoms with Crippen molar-refractivity contribution in [1.82, 2.24) is 14.7 Å². The molecule has 0 bridgehead atoms. The lowest BCUT2D eigenvalue weighted by Crippen LogP contribution is -2.52. The van der Waals surface area contributed by atoms with E-state index in [-0.39, 0.29) is 6.04 Å². The zero-order valence-corrected chi connectivity index (χ0v) is 16.0. The molecule has 1 aromatic rings. The van der Waals surface area contributed by atoms with Crippen molar-refractivity contribution in [3.8, 4) is 0 Å². The minimum absolute atomic E-state index is 0.106. The van der Waals surface area contributed by atoms with E-state index in [9.17, 15) is 9.59 Å². The van der Waals surface area contributed by atoms with Gasteiger partial charge in [-0.25, -0.2) is 0 Å². The van der Waals surface area contributed by atoms with E-state index in [0.29, 0.717) is 11.6 Å². The van der Waals surface area contributed by atoms with Gasteiger partial charge in [-0.1, -0.05) is 19.1 Å². The van der Waals surface area contributed by atoms with E-state index in [1.165, 1.54) is 0 Å². The van der Waals surface area contributed by atoms with Gasteiger partial charge in [-0.15, -0.1) is 0 Å². The van der Waals surface area contributed by atoms with Gasteiger partial charge in [0.15, 0.2) is 0 Å². The number of hydrogen-bond acceptors (Lipinski definition) is 4. The van der Waals surface area contributed by atoms with Crippen molar-refractivity contribution in [3.63, 3.8) is 0 Å². The second-order valence-electron chi connectivity index (χ2n) is 7.40. The molecular formula is C19H30N4O2. The molecule has 1 aromatic carbocycles. The molecule has 6 heteroatoms. The van der Waals surface area contributed by atoms with Crippen LogP contribution in [0, 0.1) is 5.92 Å². The van der Waals surface area contributed by atoms with E-state index >= 15 is 0 Å². The van der Waals surface area contributed by atoms with Crippen LogP contribution in [0.2, 0.25) is 0 Å². The van der Waals surface area contributed by atoms with Crippen LogP contribution in [0.5, 0.6) is 0 Å². The molecule has 1 aliphatic rings. The van der Waals surface area contributed by atoms with Gasteiger partial charge in [0.25, 0.3) is 0 Å². The van der Waals surface area contributed by atoms with Crippen molar-refractivity contribution < 1.29 is 9.59 Å². The largest absolute Gasteiger partial charge is 0.334 e. The van der Waals surface area contributed by atoms with Gasteiger partial charge in [0.05, 0.1) is 0 Å². The number of likely N-dealkylation sites (tertiary alicyclic amines) is 1. The first-order valence-electron chi connectivity index (χ1n) is 8.78. The first-order chi connectivity index (χ1) is 11.8. The Labute approximate surface area is 150 Å². The number of hydrogen-bond donors (Lipinski definition) is 1. The quantitative estimate of drug-likeness (QED) is 0.839. The van der Waals surface area contributed by atoms with Crippen molar-refractivity contribution in [3.05, 3.63) is 29.8 Å². The Bertz CT molecular complexity index is 617. The van der Waals surface area contributed by atoms with E-state index in [4.69, 9.17) is 0 Å². The Morgan fingerprint density at radius 3 is 2.64 bits per heavy atom. The number of likely N-dealkylation sites (N-methyl/N-ethyl adjacent to an activating group) is 1. The molecule has 0 unspecified atom stereocenters. The average molecular weight is 346 g/mol. The van der Waals surface area contributed by atoms with Crippen LogP contribution >= 0.6 is 0 Å². The third-order valence-corrected chi connectivity index (χ3v) is 4.76. The van der Waals surface area contributed by atoms with Gasteiger partial charge in [-0.3, -0.25) is 9.59 Å². The molecule has 1 N–H and O–H groups in total. The average Bonchev–Trinajstić information content (AvgIpc) is 2.53. The molecular weight excluding hydrogens is 316 g/mol. The minimum atomic E-state index is -0.573. The molecule has 2 rings (SSSR count). The summed E-state index contributed by atoms with van der Waals surface area (Å²) >= 11 is 0. The van der Waals surface area contributed by atoms with Crippen LogP contribution in [0.15, 0.2) is 24.3 Å². The molecule has 2 atom stereocenters. The molecule has 1 saturated heterocycles. The van der Waals surface area contributed by atoms with Crippen LogP contribution < -0.4 is 5.32 Å². The lowest BCUT2D eigenvalue weighted by atomic mass is 9.93. The van der Waals surface area contributed by atoms with Crippen molar-refractivity contribution in [1.29, 1.82) is 0 Å². The van der Waals surface area contributed by atoms with E-state index < -0.39 is 11.8 Å². The highest BCUT2D eigenvalue weighted by Crippen LogP contribution is 2.20. The van der Waals surface area contributed by atoms with Gasteiger partial charge in [0, 0.05) is 31.9 Å². The number of rotatable bonds is 4. The lowest BCUT2D eigenvalue weighted by Gasteiger charge is -2.39. The summed E-state index contributed by atoms with van der Waals surface area (Å²) in [4.78, 5) is 30.8. The van der Waals surface area contributed by atoms with Crippen molar-refractivity contribution in [2.45, 2.75) is 25.9 Å². The molecule has 0 saturated carbocycles. The van der Waals surface area contributed by atoms with E-state index in [1.54, 1.807) is 11.9 Å². The Kier molecular flexibility index (Phi) is 6.56. The summed E-state index contributed by atoms with van der Waals surface area (Å²) in [6, 6.07) is 7.71. The Morgan fingerprint density at radius 1 is 1.28 bits per heavy atom. The second-order valence-corrected chi connectivity index (χ2v) is 7.40. The fourth-order valence-electron chi connectivity index (χ4n) is 3.53. The number of carbonyl (C=O) groups excluding carboxylic acids is 2. The summed E-state index contributed by atoms with van der Waals surface area (Å²) < 4.78 is 0. The smallest absolute Gasteiger partial charge is 0.313 e. The number of anilines is 1. The normalized spacial score (nSPS) is 21.2. The van der Waals surface area contributed by atoms with Gasteiger partial charge in [0.2, 0.25) is 0 Å². The molecule has 138 valence electrons. The molecule has 1 heterocycles. The molecule has 0 aliphatic carbocycles. The zero-order valence-electron chi connectivity index (χ0n) is 16.0. The van der Waals surface area contributed by atoms with E-state index in [2.05, 4.69) is 29.1 Å². The molecule has 6 nitrogen and oxygen atoms in total. The van der Waals surface area contributed by atoms with Crippen molar-refractivity contribution >= 4 is 17.5 Å². The Balaban J connectivity index is 1.99. The standard InChI is InChI=1S/C19H30N4O2/c1-14-12-22(4)10-9-17(14)23(5)19(25)18(24)20-16-8-6-7-15(11-16)13-21(2)3/h6-8,11,14,17H,9-10,12-13H2,1-5H3,(H,20,24)/t14-,17-/m0/s1. The highest BCUT2D eigenvalue weighted by molar-refractivity contribution is 6.39. The predicted octanol–water partition coefficient (Wildman–Crippen LogP) is 1.49. The van der Waals surface area contributed by atoms with Crippen LogP contribution in [0.4, 0.5) is 5.69 Å². The van der Waals surface area contributed by atoms with Crippen molar-refractivity contribution in [2.24, 2.45) is 5.92 Å². The highest BCUT2D eigenvalue weighted by atomic mass is 16.2. The molecule has 1 fully saturated rings. The summed E-state index contributed by atoms with van der Waals surface area (Å²) in [7, 11) is 7.80. The molecule has 0 spiro atoms. The van der Waals surface area contributed by atoms with Crippen LogP contribution in [0.25, 0.3) is 0 Å². The molecule has 25 heavy (non-hydrogen) atoms. The van der Waals surface area contributed by atoms with Crippen LogP contribution in [-0.2, 0) is 16.1 Å². The van der Waals surface area contributed by atoms with Gasteiger partial charge < -0.3 is 20.0 Å². The first-order valence-corrected chi connectivity index (χ1v) is 8.78. The third kappa shape index (κ3) is 5.28. The number of nitrogens with one attached hydrogen (secondary N) is 1. The van der Waals surface area contributed by atoms with Gasteiger partial charge in [-0.2, -0.15) is 0 Å². The summed E-state index contributed by atoms with van der Waals surface area (Å²) in [6.07, 6.45) is 0.894. The topological polar surface area (TPSA) is 55.9 Å². The van der Waals surface area contributed by atoms with Crippen LogP contribution in [0.3, 0.4) is 0 Å². The summed E-state index contributed by atoms with van der Waals surface area (Å²) in [6.45, 7) is 4.80. The molecule has 2 amide bonds. The van der Waals surface area contributed by atoms with Gasteiger partial charge in [-0.05, 0) is 57.7 Å². The highest BCUT2D eigenvalue weighted by Gasteiger charge is 2.32.